The second-order valence-electron chi connectivity index (χ2n) is 4.19. The summed E-state index contributed by atoms with van der Waals surface area (Å²) < 4.78 is 11.5. The van der Waals surface area contributed by atoms with Crippen LogP contribution >= 0.6 is 11.3 Å². The molecule has 0 saturated carbocycles. The maximum atomic E-state index is 11.8. The molecule has 0 aliphatic rings. The number of nitrogens with zero attached hydrogens (tertiary/aromatic N) is 4. The van der Waals surface area contributed by atoms with E-state index in [2.05, 4.69) is 15.3 Å². The Morgan fingerprint density at radius 3 is 2.85 bits per heavy atom. The van der Waals surface area contributed by atoms with Crippen molar-refractivity contribution in [1.82, 2.24) is 20.0 Å². The number of hydrogen-bond acceptors (Lipinski definition) is 7. The highest BCUT2D eigenvalue weighted by atomic mass is 32.1. The number of carbonyl (C=O) groups is 1. The minimum absolute atomic E-state index is 0.202. The molecule has 2 rings (SSSR count). The monoisotopic (exact) mass is 296 g/mol. The molecule has 2 heterocycles. The zero-order chi connectivity index (χ0) is 14.5. The van der Waals surface area contributed by atoms with Crippen molar-refractivity contribution < 1.29 is 14.3 Å². The van der Waals surface area contributed by atoms with E-state index in [1.165, 1.54) is 0 Å². The van der Waals surface area contributed by atoms with Crippen molar-refractivity contribution in [1.29, 1.82) is 0 Å². The number of rotatable bonds is 6. The third-order valence-electron chi connectivity index (χ3n) is 2.65. The van der Waals surface area contributed by atoms with Crippen LogP contribution in [0.2, 0.25) is 0 Å². The van der Waals surface area contributed by atoms with Crippen molar-refractivity contribution in [2.45, 2.75) is 20.4 Å². The highest BCUT2D eigenvalue weighted by Crippen LogP contribution is 2.12. The van der Waals surface area contributed by atoms with E-state index >= 15 is 0 Å². The molecule has 8 heteroatoms. The predicted octanol–water partition coefficient (Wildman–Crippen LogP) is 1.20. The highest BCUT2D eigenvalue weighted by Gasteiger charge is 2.18. The second-order valence-corrected chi connectivity index (χ2v) is 5.14. The van der Waals surface area contributed by atoms with Crippen LogP contribution in [0.3, 0.4) is 0 Å². The van der Waals surface area contributed by atoms with E-state index in [1.54, 1.807) is 30.1 Å². The number of hydrogen-bond donors (Lipinski definition) is 0. The summed E-state index contributed by atoms with van der Waals surface area (Å²) in [6.45, 7) is 4.79. The van der Waals surface area contributed by atoms with Crippen LogP contribution in [0.4, 0.5) is 0 Å². The first-order chi connectivity index (χ1) is 9.61. The first kappa shape index (κ1) is 14.6. The average molecular weight is 296 g/mol. The fourth-order valence-electron chi connectivity index (χ4n) is 1.59. The fourth-order valence-corrected chi connectivity index (χ4v) is 2.34. The molecule has 0 unspecified atom stereocenters. The van der Waals surface area contributed by atoms with Crippen molar-refractivity contribution in [2.75, 3.05) is 20.3 Å². The third kappa shape index (κ3) is 3.40. The van der Waals surface area contributed by atoms with Gasteiger partial charge in [-0.05, 0) is 13.8 Å². The van der Waals surface area contributed by atoms with Crippen molar-refractivity contribution >= 4 is 17.3 Å². The highest BCUT2D eigenvalue weighted by molar-refractivity contribution is 7.09. The lowest BCUT2D eigenvalue weighted by Gasteiger charge is -2.03. The lowest BCUT2D eigenvalue weighted by atomic mass is 10.3. The van der Waals surface area contributed by atoms with Crippen molar-refractivity contribution in [2.24, 2.45) is 0 Å². The summed E-state index contributed by atoms with van der Waals surface area (Å²) in [5, 5.41) is 10.7. The number of carbonyl (C=O) groups excluding carboxylic acids is 1. The maximum absolute atomic E-state index is 11.8. The van der Waals surface area contributed by atoms with E-state index < -0.39 is 5.97 Å². The van der Waals surface area contributed by atoms with E-state index in [0.717, 1.165) is 10.7 Å². The van der Waals surface area contributed by atoms with Gasteiger partial charge in [-0.2, -0.15) is 0 Å². The summed E-state index contributed by atoms with van der Waals surface area (Å²) >= 11 is 1.56. The van der Waals surface area contributed by atoms with Crippen molar-refractivity contribution in [3.8, 4) is 0 Å². The van der Waals surface area contributed by atoms with Gasteiger partial charge in [-0.15, -0.1) is 16.4 Å². The Balaban J connectivity index is 2.04. The molecule has 108 valence electrons. The van der Waals surface area contributed by atoms with Crippen LogP contribution in [0.5, 0.6) is 0 Å². The van der Waals surface area contributed by atoms with E-state index in [0.29, 0.717) is 18.8 Å². The molecule has 2 aromatic heterocycles. The van der Waals surface area contributed by atoms with Gasteiger partial charge in [0.25, 0.3) is 0 Å². The summed E-state index contributed by atoms with van der Waals surface area (Å²) in [5.41, 5.74) is 1.87. The molecule has 0 spiro atoms. The molecule has 0 N–H and O–H groups in total. The average Bonchev–Trinajstić information content (AvgIpc) is 2.98. The van der Waals surface area contributed by atoms with E-state index in [-0.39, 0.29) is 12.3 Å². The molecule has 20 heavy (non-hydrogen) atoms. The molecule has 0 saturated heterocycles. The van der Waals surface area contributed by atoms with Gasteiger partial charge in [0.1, 0.15) is 11.6 Å². The quantitative estimate of drug-likeness (QED) is 0.589. The van der Waals surface area contributed by atoms with Gasteiger partial charge in [-0.25, -0.2) is 14.5 Å². The number of aromatic nitrogens is 4. The SMILES string of the molecule is COCCOC(=O)c1nnn(Cc2nc(C)cs2)c1C. The zero-order valence-electron chi connectivity index (χ0n) is 11.6. The molecule has 2 aromatic rings. The molecule has 0 radical (unpaired) electrons. The van der Waals surface area contributed by atoms with Gasteiger partial charge in [0.2, 0.25) is 0 Å². The Morgan fingerprint density at radius 2 is 2.20 bits per heavy atom. The molecule has 0 fully saturated rings. The van der Waals surface area contributed by atoms with Crippen LogP contribution in [-0.2, 0) is 16.0 Å². The van der Waals surface area contributed by atoms with Crippen LogP contribution in [0.1, 0.15) is 26.9 Å². The van der Waals surface area contributed by atoms with Gasteiger partial charge >= 0.3 is 5.97 Å². The standard InChI is InChI=1S/C12H16N4O3S/c1-8-7-20-10(13-8)6-16-9(2)11(14-15-16)12(17)19-5-4-18-3/h7H,4-6H2,1-3H3. The minimum Gasteiger partial charge on any atom is -0.458 e. The van der Waals surface area contributed by atoms with Gasteiger partial charge < -0.3 is 9.47 Å². The minimum atomic E-state index is -0.485. The largest absolute Gasteiger partial charge is 0.458 e. The Bertz CT molecular complexity index is 593. The number of ether oxygens (including phenoxy) is 2. The Kier molecular flexibility index (Phi) is 4.80. The topological polar surface area (TPSA) is 79.1 Å². The second kappa shape index (κ2) is 6.58. The number of methoxy groups -OCH3 is 1. The van der Waals surface area contributed by atoms with Crippen LogP contribution < -0.4 is 0 Å². The van der Waals surface area contributed by atoms with Crippen LogP contribution in [0, 0.1) is 13.8 Å². The predicted molar refractivity (Wildman–Crippen MR) is 72.9 cm³/mol. The van der Waals surface area contributed by atoms with Crippen LogP contribution in [0.25, 0.3) is 0 Å². The van der Waals surface area contributed by atoms with E-state index in [9.17, 15) is 4.79 Å². The molecule has 0 aliphatic carbocycles. The lowest BCUT2D eigenvalue weighted by molar-refractivity contribution is 0.0380. The molecule has 0 bridgehead atoms. The summed E-state index contributed by atoms with van der Waals surface area (Å²) in [4.78, 5) is 16.2. The third-order valence-corrected chi connectivity index (χ3v) is 3.60. The van der Waals surface area contributed by atoms with Gasteiger partial charge in [0.05, 0.1) is 18.8 Å². The summed E-state index contributed by atoms with van der Waals surface area (Å²) in [6.07, 6.45) is 0. The summed E-state index contributed by atoms with van der Waals surface area (Å²) in [7, 11) is 1.55. The zero-order valence-corrected chi connectivity index (χ0v) is 12.4. The Morgan fingerprint density at radius 1 is 1.40 bits per heavy atom. The van der Waals surface area contributed by atoms with Gasteiger partial charge in [-0.3, -0.25) is 0 Å². The molecule has 0 aromatic carbocycles. The number of esters is 1. The summed E-state index contributed by atoms with van der Waals surface area (Å²) in [5.74, 6) is -0.485. The normalized spacial score (nSPS) is 10.8. The molecule has 0 aliphatic heterocycles. The lowest BCUT2D eigenvalue weighted by Crippen LogP contribution is -2.12. The van der Waals surface area contributed by atoms with E-state index in [1.807, 2.05) is 12.3 Å². The fraction of sp³-hybridized carbons (Fsp3) is 0.500. The molecule has 0 atom stereocenters. The number of aryl methyl sites for hydroxylation is 1. The molecule has 7 nitrogen and oxygen atoms in total. The molecule has 0 amide bonds. The first-order valence-electron chi connectivity index (χ1n) is 6.09. The van der Waals surface area contributed by atoms with E-state index in [4.69, 9.17) is 9.47 Å². The number of thiazole rings is 1. The Hall–Kier alpha value is -1.80. The Labute approximate surface area is 120 Å². The molecular formula is C12H16N4O3S. The molecular weight excluding hydrogens is 280 g/mol. The smallest absolute Gasteiger partial charge is 0.360 e. The van der Waals surface area contributed by atoms with Gasteiger partial charge in [-0.1, -0.05) is 5.21 Å². The summed E-state index contributed by atoms with van der Waals surface area (Å²) in [6, 6.07) is 0. The van der Waals surface area contributed by atoms with Gasteiger partial charge in [0.15, 0.2) is 5.69 Å². The van der Waals surface area contributed by atoms with Crippen molar-refractivity contribution in [3.05, 3.63) is 27.5 Å². The van der Waals surface area contributed by atoms with Gasteiger partial charge in [0, 0.05) is 18.2 Å². The maximum Gasteiger partial charge on any atom is 0.360 e. The first-order valence-corrected chi connectivity index (χ1v) is 6.97. The van der Waals surface area contributed by atoms with Crippen LogP contribution in [-0.4, -0.2) is 46.3 Å². The van der Waals surface area contributed by atoms with Crippen molar-refractivity contribution in [3.63, 3.8) is 0 Å². The van der Waals surface area contributed by atoms with Crippen LogP contribution in [0.15, 0.2) is 5.38 Å².